The maximum absolute atomic E-state index is 10.5. The molecule has 4 heteroatoms. The smallest absolute Gasteiger partial charge is 0.231 e. The molecule has 0 spiro atoms. The third kappa shape index (κ3) is 10.8. The van der Waals surface area contributed by atoms with Gasteiger partial charge in [-0.15, -0.1) is 0 Å². The van der Waals surface area contributed by atoms with Crippen LogP contribution in [0.2, 0.25) is 0 Å². The van der Waals surface area contributed by atoms with E-state index in [1.807, 2.05) is 12.2 Å². The van der Waals surface area contributed by atoms with Crippen LogP contribution < -0.4 is 11.1 Å². The number of Topliss-reactive ketones (excluding diaryl/α,β-unsaturated/α-hetero) is 1. The zero-order valence-corrected chi connectivity index (χ0v) is 7.88. The normalized spacial score (nSPS) is 10.5. The predicted molar refractivity (Wildman–Crippen MR) is 51.1 cm³/mol. The number of hydrogen-bond donors (Lipinski definition) is 2. The molecule has 0 atom stereocenters. The number of ketones is 1. The van der Waals surface area contributed by atoms with Crippen LogP contribution in [0.3, 0.4) is 0 Å². The summed E-state index contributed by atoms with van der Waals surface area (Å²) in [4.78, 5) is 20.8. The first-order valence-corrected chi connectivity index (χ1v) is 4.26. The third-order valence-corrected chi connectivity index (χ3v) is 1.39. The number of nitrogens with one attached hydrogen (secondary N) is 1. The summed E-state index contributed by atoms with van der Waals surface area (Å²) in [6, 6.07) is 0. The van der Waals surface area contributed by atoms with Crippen LogP contribution >= 0.6 is 0 Å². The van der Waals surface area contributed by atoms with Crippen molar-refractivity contribution < 1.29 is 9.59 Å². The lowest BCUT2D eigenvalue weighted by molar-refractivity contribution is -0.117. The maximum atomic E-state index is 10.5. The molecule has 0 saturated heterocycles. The minimum Gasteiger partial charge on any atom is -0.369 e. The number of primary amides is 1. The summed E-state index contributed by atoms with van der Waals surface area (Å²) in [6.07, 6.45) is 5.13. The van der Waals surface area contributed by atoms with Crippen molar-refractivity contribution in [2.24, 2.45) is 5.73 Å². The Morgan fingerprint density at radius 2 is 2.08 bits per heavy atom. The molecule has 0 bridgehead atoms. The lowest BCUT2D eigenvalue weighted by Gasteiger charge is -1.95. The summed E-state index contributed by atoms with van der Waals surface area (Å²) in [7, 11) is 0. The van der Waals surface area contributed by atoms with Crippen LogP contribution in [0.1, 0.15) is 19.8 Å². The first kappa shape index (κ1) is 11.8. The Morgan fingerprint density at radius 1 is 1.38 bits per heavy atom. The lowest BCUT2D eigenvalue weighted by Crippen LogP contribution is -2.28. The van der Waals surface area contributed by atoms with E-state index in [1.165, 1.54) is 0 Å². The second-order valence-corrected chi connectivity index (χ2v) is 2.81. The molecular formula is C9H16N2O2. The van der Waals surface area contributed by atoms with Crippen LogP contribution in [-0.4, -0.2) is 24.8 Å². The molecule has 0 aliphatic carbocycles. The van der Waals surface area contributed by atoms with Crippen molar-refractivity contribution in [2.75, 3.05) is 13.1 Å². The first-order valence-electron chi connectivity index (χ1n) is 4.26. The van der Waals surface area contributed by atoms with E-state index in [9.17, 15) is 9.59 Å². The zero-order valence-electron chi connectivity index (χ0n) is 7.88. The molecule has 0 saturated carbocycles. The minimum absolute atomic E-state index is 0.190. The molecule has 0 aromatic rings. The van der Waals surface area contributed by atoms with Crippen LogP contribution in [-0.2, 0) is 9.59 Å². The van der Waals surface area contributed by atoms with Crippen molar-refractivity contribution in [1.82, 2.24) is 5.32 Å². The van der Waals surface area contributed by atoms with Gasteiger partial charge in [-0.2, -0.15) is 0 Å². The van der Waals surface area contributed by atoms with Crippen LogP contribution in [0.5, 0.6) is 0 Å². The summed E-state index contributed by atoms with van der Waals surface area (Å²) >= 11 is 0. The fraction of sp³-hybridized carbons (Fsp3) is 0.556. The summed E-state index contributed by atoms with van der Waals surface area (Å²) in [5.41, 5.74) is 4.90. The molecular weight excluding hydrogens is 168 g/mol. The molecule has 0 unspecified atom stereocenters. The van der Waals surface area contributed by atoms with Gasteiger partial charge >= 0.3 is 0 Å². The molecule has 0 heterocycles. The van der Waals surface area contributed by atoms with Crippen molar-refractivity contribution in [2.45, 2.75) is 19.8 Å². The number of carbonyl (C=O) groups excluding carboxylic acids is 2. The van der Waals surface area contributed by atoms with Crippen molar-refractivity contribution in [3.05, 3.63) is 12.2 Å². The average Bonchev–Trinajstić information content (AvgIpc) is 2.01. The van der Waals surface area contributed by atoms with Crippen molar-refractivity contribution in [3.63, 3.8) is 0 Å². The summed E-state index contributed by atoms with van der Waals surface area (Å²) in [5.74, 6) is -0.174. The summed E-state index contributed by atoms with van der Waals surface area (Å²) in [5, 5.41) is 2.83. The van der Waals surface area contributed by atoms with E-state index in [0.29, 0.717) is 13.0 Å². The average molecular weight is 184 g/mol. The number of hydrogen-bond acceptors (Lipinski definition) is 3. The van der Waals surface area contributed by atoms with E-state index in [-0.39, 0.29) is 18.2 Å². The lowest BCUT2D eigenvalue weighted by atomic mass is 10.2. The second-order valence-electron chi connectivity index (χ2n) is 2.81. The highest BCUT2D eigenvalue weighted by Crippen LogP contribution is 1.90. The van der Waals surface area contributed by atoms with E-state index >= 15 is 0 Å². The Bertz CT molecular complexity index is 200. The SMILES string of the molecule is CC(=O)CC/C=C/CNCC(N)=O. The highest BCUT2D eigenvalue weighted by Gasteiger charge is 1.90. The van der Waals surface area contributed by atoms with Crippen molar-refractivity contribution in [3.8, 4) is 0 Å². The van der Waals surface area contributed by atoms with Gasteiger partial charge in [0.05, 0.1) is 6.54 Å². The Kier molecular flexibility index (Phi) is 6.82. The molecule has 0 fully saturated rings. The van der Waals surface area contributed by atoms with Gasteiger partial charge in [0, 0.05) is 13.0 Å². The van der Waals surface area contributed by atoms with E-state index in [2.05, 4.69) is 5.32 Å². The van der Waals surface area contributed by atoms with Gasteiger partial charge in [-0.3, -0.25) is 4.79 Å². The third-order valence-electron chi connectivity index (χ3n) is 1.39. The van der Waals surface area contributed by atoms with Gasteiger partial charge in [0.15, 0.2) is 0 Å². The monoisotopic (exact) mass is 184 g/mol. The van der Waals surface area contributed by atoms with Crippen LogP contribution in [0.25, 0.3) is 0 Å². The number of allylic oxidation sites excluding steroid dienone is 1. The Morgan fingerprint density at radius 3 is 2.62 bits per heavy atom. The fourth-order valence-corrected chi connectivity index (χ4v) is 0.766. The topological polar surface area (TPSA) is 72.2 Å². The Hall–Kier alpha value is -1.16. The van der Waals surface area contributed by atoms with Gasteiger partial charge in [-0.25, -0.2) is 0 Å². The van der Waals surface area contributed by atoms with E-state index in [1.54, 1.807) is 6.92 Å². The molecule has 0 aromatic heterocycles. The van der Waals surface area contributed by atoms with Crippen LogP contribution in [0.15, 0.2) is 12.2 Å². The molecule has 13 heavy (non-hydrogen) atoms. The van der Waals surface area contributed by atoms with Crippen LogP contribution in [0, 0.1) is 0 Å². The van der Waals surface area contributed by atoms with Crippen molar-refractivity contribution in [1.29, 1.82) is 0 Å². The van der Waals surface area contributed by atoms with E-state index < -0.39 is 0 Å². The molecule has 0 radical (unpaired) electrons. The molecule has 3 N–H and O–H groups in total. The maximum Gasteiger partial charge on any atom is 0.231 e. The first-order chi connectivity index (χ1) is 6.13. The summed E-state index contributed by atoms with van der Waals surface area (Å²) in [6.45, 7) is 2.37. The standard InChI is InChI=1S/C9H16N2O2/c1-8(12)5-3-2-4-6-11-7-9(10)13/h2,4,11H,3,5-7H2,1H3,(H2,10,13)/b4-2+. The van der Waals surface area contributed by atoms with Gasteiger partial charge in [0.1, 0.15) is 5.78 Å². The number of carbonyl (C=O) groups is 2. The fourth-order valence-electron chi connectivity index (χ4n) is 0.766. The van der Waals surface area contributed by atoms with Gasteiger partial charge in [-0.1, -0.05) is 12.2 Å². The molecule has 4 nitrogen and oxygen atoms in total. The van der Waals surface area contributed by atoms with E-state index in [0.717, 1.165) is 6.42 Å². The summed E-state index contributed by atoms with van der Waals surface area (Å²) < 4.78 is 0. The quantitative estimate of drug-likeness (QED) is 0.431. The molecule has 0 aliphatic heterocycles. The van der Waals surface area contributed by atoms with Gasteiger partial charge < -0.3 is 15.8 Å². The van der Waals surface area contributed by atoms with Crippen LogP contribution in [0.4, 0.5) is 0 Å². The Labute approximate surface area is 78.2 Å². The molecule has 0 rings (SSSR count). The zero-order chi connectivity index (χ0) is 10.1. The molecule has 0 aliphatic rings. The van der Waals surface area contributed by atoms with Crippen molar-refractivity contribution >= 4 is 11.7 Å². The molecule has 1 amide bonds. The highest BCUT2D eigenvalue weighted by atomic mass is 16.1. The number of amides is 1. The van der Waals surface area contributed by atoms with E-state index in [4.69, 9.17) is 5.73 Å². The highest BCUT2D eigenvalue weighted by molar-refractivity contribution is 5.76. The number of nitrogens with two attached hydrogens (primary N) is 1. The molecule has 0 aromatic carbocycles. The minimum atomic E-state index is -0.364. The van der Waals surface area contributed by atoms with Gasteiger partial charge in [0.2, 0.25) is 5.91 Å². The predicted octanol–water partition coefficient (Wildman–Crippen LogP) is -0.0133. The van der Waals surface area contributed by atoms with Gasteiger partial charge in [-0.05, 0) is 13.3 Å². The van der Waals surface area contributed by atoms with Gasteiger partial charge in [0.25, 0.3) is 0 Å². The Balaban J connectivity index is 3.22. The second kappa shape index (κ2) is 7.49. The largest absolute Gasteiger partial charge is 0.369 e. The molecule has 74 valence electrons. The number of rotatable bonds is 7.